The average Bonchev–Trinajstić information content (AvgIpc) is 2.88. The SMILES string of the molecule is CCC(Nc1nc(Cl)nc(-n2cccn2)n1)C(C)C. The lowest BCUT2D eigenvalue weighted by molar-refractivity contribution is 0.507. The van der Waals surface area contributed by atoms with Gasteiger partial charge in [-0.25, -0.2) is 4.68 Å². The van der Waals surface area contributed by atoms with Crippen LogP contribution in [0.2, 0.25) is 5.28 Å². The quantitative estimate of drug-likeness (QED) is 0.911. The van der Waals surface area contributed by atoms with E-state index in [9.17, 15) is 0 Å². The van der Waals surface area contributed by atoms with E-state index in [2.05, 4.69) is 46.1 Å². The van der Waals surface area contributed by atoms with E-state index in [0.717, 1.165) is 6.42 Å². The molecule has 0 fully saturated rings. The van der Waals surface area contributed by atoms with E-state index < -0.39 is 0 Å². The predicted molar refractivity (Wildman–Crippen MR) is 74.5 cm³/mol. The van der Waals surface area contributed by atoms with Gasteiger partial charge >= 0.3 is 0 Å². The number of nitrogens with one attached hydrogen (secondary N) is 1. The van der Waals surface area contributed by atoms with Crippen LogP contribution in [0.1, 0.15) is 27.2 Å². The Kier molecular flexibility index (Phi) is 4.31. The van der Waals surface area contributed by atoms with Gasteiger partial charge in [-0.3, -0.25) is 0 Å². The first-order chi connectivity index (χ1) is 9.10. The van der Waals surface area contributed by atoms with E-state index in [4.69, 9.17) is 11.6 Å². The van der Waals surface area contributed by atoms with Crippen molar-refractivity contribution in [2.45, 2.75) is 33.2 Å². The van der Waals surface area contributed by atoms with E-state index in [1.165, 1.54) is 0 Å². The molecule has 0 amide bonds. The molecule has 0 saturated carbocycles. The van der Waals surface area contributed by atoms with Gasteiger partial charge in [0.2, 0.25) is 11.2 Å². The molecule has 0 saturated heterocycles. The zero-order valence-electron chi connectivity index (χ0n) is 11.2. The Balaban J connectivity index is 2.27. The molecule has 7 heteroatoms. The number of anilines is 1. The summed E-state index contributed by atoms with van der Waals surface area (Å²) in [6.45, 7) is 6.42. The van der Waals surface area contributed by atoms with Gasteiger partial charge in [0.15, 0.2) is 0 Å². The molecule has 0 aromatic carbocycles. The van der Waals surface area contributed by atoms with Crippen LogP contribution in [-0.4, -0.2) is 30.8 Å². The molecule has 6 nitrogen and oxygen atoms in total. The monoisotopic (exact) mass is 280 g/mol. The Bertz CT molecular complexity index is 525. The fourth-order valence-corrected chi connectivity index (χ4v) is 1.96. The summed E-state index contributed by atoms with van der Waals surface area (Å²) in [4.78, 5) is 12.5. The summed E-state index contributed by atoms with van der Waals surface area (Å²) in [6, 6.07) is 2.09. The highest BCUT2D eigenvalue weighted by molar-refractivity contribution is 6.28. The largest absolute Gasteiger partial charge is 0.351 e. The summed E-state index contributed by atoms with van der Waals surface area (Å²) in [6.07, 6.45) is 4.40. The Morgan fingerprint density at radius 1 is 1.32 bits per heavy atom. The van der Waals surface area contributed by atoms with Crippen LogP contribution in [-0.2, 0) is 0 Å². The van der Waals surface area contributed by atoms with Crippen molar-refractivity contribution in [3.8, 4) is 5.95 Å². The number of nitrogens with zero attached hydrogens (tertiary/aromatic N) is 5. The van der Waals surface area contributed by atoms with Gasteiger partial charge in [-0.2, -0.15) is 20.1 Å². The highest BCUT2D eigenvalue weighted by Crippen LogP contribution is 2.14. The molecule has 2 heterocycles. The van der Waals surface area contributed by atoms with Crippen molar-refractivity contribution in [3.05, 3.63) is 23.7 Å². The summed E-state index contributed by atoms with van der Waals surface area (Å²) < 4.78 is 1.55. The van der Waals surface area contributed by atoms with Crippen molar-refractivity contribution in [2.75, 3.05) is 5.32 Å². The first-order valence-electron chi connectivity index (χ1n) is 6.28. The van der Waals surface area contributed by atoms with E-state index in [0.29, 0.717) is 23.9 Å². The third kappa shape index (κ3) is 3.41. The Hall–Kier alpha value is -1.69. The van der Waals surface area contributed by atoms with Crippen molar-refractivity contribution in [2.24, 2.45) is 5.92 Å². The minimum Gasteiger partial charge on any atom is -0.351 e. The molecule has 102 valence electrons. The van der Waals surface area contributed by atoms with Crippen LogP contribution in [0.25, 0.3) is 5.95 Å². The molecule has 0 aliphatic heterocycles. The van der Waals surface area contributed by atoms with Crippen LogP contribution >= 0.6 is 11.6 Å². The lowest BCUT2D eigenvalue weighted by Crippen LogP contribution is -2.26. The topological polar surface area (TPSA) is 68.5 Å². The van der Waals surface area contributed by atoms with E-state index in [1.54, 1.807) is 23.1 Å². The molecule has 2 aromatic rings. The molecule has 1 N–H and O–H groups in total. The van der Waals surface area contributed by atoms with Crippen molar-refractivity contribution in [1.29, 1.82) is 0 Å². The van der Waals surface area contributed by atoms with Crippen molar-refractivity contribution in [1.82, 2.24) is 24.7 Å². The van der Waals surface area contributed by atoms with Gasteiger partial charge in [-0.05, 0) is 30.0 Å². The maximum Gasteiger partial charge on any atom is 0.256 e. The Labute approximate surface area is 117 Å². The number of rotatable bonds is 5. The summed E-state index contributed by atoms with van der Waals surface area (Å²) >= 11 is 5.93. The average molecular weight is 281 g/mol. The maximum absolute atomic E-state index is 5.93. The molecule has 0 bridgehead atoms. The van der Waals surface area contributed by atoms with Gasteiger partial charge in [0.1, 0.15) is 0 Å². The fourth-order valence-electron chi connectivity index (χ4n) is 1.80. The van der Waals surface area contributed by atoms with Crippen LogP contribution < -0.4 is 5.32 Å². The van der Waals surface area contributed by atoms with Gasteiger partial charge < -0.3 is 5.32 Å². The van der Waals surface area contributed by atoms with Crippen molar-refractivity contribution >= 4 is 17.5 Å². The molecule has 0 aliphatic rings. The summed E-state index contributed by atoms with van der Waals surface area (Å²) in [5.41, 5.74) is 0. The predicted octanol–water partition coefficient (Wildman–Crippen LogP) is 2.56. The van der Waals surface area contributed by atoms with E-state index in [-0.39, 0.29) is 5.28 Å². The summed E-state index contributed by atoms with van der Waals surface area (Å²) in [5.74, 6) is 1.37. The Morgan fingerprint density at radius 2 is 2.11 bits per heavy atom. The zero-order chi connectivity index (χ0) is 13.8. The summed E-state index contributed by atoms with van der Waals surface area (Å²) in [5, 5.41) is 7.52. The molecule has 2 rings (SSSR count). The van der Waals surface area contributed by atoms with Crippen LogP contribution in [0.3, 0.4) is 0 Å². The molecule has 1 unspecified atom stereocenters. The number of aromatic nitrogens is 5. The molecular formula is C12H17ClN6. The minimum absolute atomic E-state index is 0.154. The third-order valence-corrected chi connectivity index (χ3v) is 3.03. The van der Waals surface area contributed by atoms with Gasteiger partial charge in [0.05, 0.1) is 0 Å². The molecule has 1 atom stereocenters. The van der Waals surface area contributed by atoms with Crippen LogP contribution in [0, 0.1) is 5.92 Å². The minimum atomic E-state index is 0.154. The highest BCUT2D eigenvalue weighted by Gasteiger charge is 2.14. The number of halogens is 1. The normalized spacial score (nSPS) is 12.7. The first kappa shape index (κ1) is 13.7. The van der Waals surface area contributed by atoms with Crippen LogP contribution in [0.5, 0.6) is 0 Å². The molecule has 2 aromatic heterocycles. The van der Waals surface area contributed by atoms with Crippen molar-refractivity contribution in [3.63, 3.8) is 0 Å². The molecule has 19 heavy (non-hydrogen) atoms. The second kappa shape index (κ2) is 5.97. The van der Waals surface area contributed by atoms with Gasteiger partial charge in [0, 0.05) is 18.4 Å². The lowest BCUT2D eigenvalue weighted by Gasteiger charge is -2.20. The van der Waals surface area contributed by atoms with Crippen LogP contribution in [0.4, 0.5) is 5.95 Å². The number of hydrogen-bond donors (Lipinski definition) is 1. The van der Waals surface area contributed by atoms with Crippen molar-refractivity contribution < 1.29 is 0 Å². The standard InChI is InChI=1S/C12H17ClN6/c1-4-9(8(2)3)15-11-16-10(13)17-12(18-11)19-7-5-6-14-19/h5-9H,4H2,1-3H3,(H,15,16,17,18). The highest BCUT2D eigenvalue weighted by atomic mass is 35.5. The Morgan fingerprint density at radius 3 is 2.68 bits per heavy atom. The fraction of sp³-hybridized carbons (Fsp3) is 0.500. The van der Waals surface area contributed by atoms with E-state index in [1.807, 2.05) is 0 Å². The molecular weight excluding hydrogens is 264 g/mol. The summed E-state index contributed by atoms with van der Waals surface area (Å²) in [7, 11) is 0. The molecule has 0 spiro atoms. The smallest absolute Gasteiger partial charge is 0.256 e. The van der Waals surface area contributed by atoms with Crippen LogP contribution in [0.15, 0.2) is 18.5 Å². The first-order valence-corrected chi connectivity index (χ1v) is 6.66. The second-order valence-corrected chi connectivity index (χ2v) is 4.92. The van der Waals surface area contributed by atoms with Gasteiger partial charge in [-0.1, -0.05) is 20.8 Å². The zero-order valence-corrected chi connectivity index (χ0v) is 12.0. The second-order valence-electron chi connectivity index (χ2n) is 4.58. The van der Waals surface area contributed by atoms with Gasteiger partial charge in [-0.15, -0.1) is 0 Å². The molecule has 0 aliphatic carbocycles. The maximum atomic E-state index is 5.93. The lowest BCUT2D eigenvalue weighted by atomic mass is 10.0. The van der Waals surface area contributed by atoms with E-state index >= 15 is 0 Å². The van der Waals surface area contributed by atoms with Gasteiger partial charge in [0.25, 0.3) is 5.95 Å². The third-order valence-electron chi connectivity index (χ3n) is 2.86. The number of hydrogen-bond acceptors (Lipinski definition) is 5. The molecule has 0 radical (unpaired) electrons.